The molecule has 3 aliphatic heterocycles. The zero-order valence-electron chi connectivity index (χ0n) is 39.4. The van der Waals surface area contributed by atoms with Crippen molar-refractivity contribution in [2.24, 2.45) is 15.7 Å². The van der Waals surface area contributed by atoms with Crippen molar-refractivity contribution >= 4 is 65.2 Å². The molecule has 4 aliphatic rings. The second-order valence-electron chi connectivity index (χ2n) is 19.9. The second kappa shape index (κ2) is 19.7. The Balaban J connectivity index is 0.913. The lowest BCUT2D eigenvalue weighted by Gasteiger charge is -2.39. The summed E-state index contributed by atoms with van der Waals surface area (Å²) in [6, 6.07) is 19.1. The van der Waals surface area contributed by atoms with Gasteiger partial charge in [0.25, 0.3) is 21.6 Å². The minimum absolute atomic E-state index is 0.0379. The fraction of sp³-hybridized carbons (Fsp3) is 0.440. The van der Waals surface area contributed by atoms with Crippen LogP contribution in [0.1, 0.15) is 67.4 Å². The molecule has 2 aromatic heterocycles. The number of ether oxygens (including phenoxy) is 2. The monoisotopic (exact) mass is 998 g/mol. The molecule has 19 heteroatoms. The van der Waals surface area contributed by atoms with Crippen LogP contribution in [0.4, 0.5) is 11.4 Å². The van der Waals surface area contributed by atoms with Crippen LogP contribution in [0.25, 0.3) is 16.6 Å². The average Bonchev–Trinajstić information content (AvgIpc) is 3.78. The number of likely N-dealkylation sites (tertiary alicyclic amines) is 1. The largest absolute Gasteiger partial charge is 0.493 e. The number of rotatable bonds is 13. The molecule has 0 spiro atoms. The van der Waals surface area contributed by atoms with Gasteiger partial charge in [0.2, 0.25) is 0 Å². The number of piperazine rings is 1. The highest BCUT2D eigenvalue weighted by Crippen LogP contribution is 2.44. The van der Waals surface area contributed by atoms with Crippen molar-refractivity contribution in [3.05, 3.63) is 117 Å². The molecule has 16 nitrogen and oxygen atoms in total. The minimum Gasteiger partial charge on any atom is -0.493 e. The van der Waals surface area contributed by atoms with E-state index in [1.807, 2.05) is 18.2 Å². The van der Waals surface area contributed by atoms with Crippen LogP contribution < -0.4 is 19.1 Å². The van der Waals surface area contributed by atoms with E-state index in [9.17, 15) is 27.5 Å². The summed E-state index contributed by atoms with van der Waals surface area (Å²) >= 11 is 6.26. The molecular formula is C50H59ClN8O8S2. The smallest absolute Gasteiger partial charge is 0.277 e. The number of pyridine rings is 1. The third-order valence-corrected chi connectivity index (χ3v) is 16.0. The summed E-state index contributed by atoms with van der Waals surface area (Å²) < 4.78 is 59.2. The SMILES string of the molecule is CC1(C)CCC(CN2CCN(c3ccc(C(=O)NS(=O)(=O)c4cc5c(c([N+](=O)[O-])c4)C[C@@H](CN4CCC(N=S(C)(C)=O)CC4)CO5)c(Oc4cnc5[nH]ccc5c4)c3)CC2)=C(c2ccc(Cl)cc2)C1. The molecule has 366 valence electrons. The van der Waals surface area contributed by atoms with Gasteiger partial charge in [-0.3, -0.25) is 24.0 Å². The third kappa shape index (κ3) is 11.6. The number of nitro benzene ring substituents is 1. The van der Waals surface area contributed by atoms with E-state index in [1.54, 1.807) is 43.0 Å². The fourth-order valence-corrected chi connectivity index (χ4v) is 12.1. The number of hydrogen-bond acceptors (Lipinski definition) is 13. The number of hydrogen-bond donors (Lipinski definition) is 2. The van der Waals surface area contributed by atoms with E-state index in [0.29, 0.717) is 43.0 Å². The van der Waals surface area contributed by atoms with E-state index in [4.69, 9.17) is 21.1 Å². The summed E-state index contributed by atoms with van der Waals surface area (Å²) in [6.45, 7) is 10.9. The predicted molar refractivity (Wildman–Crippen MR) is 270 cm³/mol. The van der Waals surface area contributed by atoms with Crippen molar-refractivity contribution in [3.8, 4) is 17.2 Å². The number of H-pyrrole nitrogens is 1. The first-order valence-electron chi connectivity index (χ1n) is 23.4. The number of aromatic amines is 1. The van der Waals surface area contributed by atoms with E-state index in [2.05, 4.69) is 59.7 Å². The lowest BCUT2D eigenvalue weighted by molar-refractivity contribution is -0.386. The molecule has 1 amide bonds. The topological polar surface area (TPSA) is 193 Å². The predicted octanol–water partition coefficient (Wildman–Crippen LogP) is 8.56. The van der Waals surface area contributed by atoms with Crippen LogP contribution in [0.3, 0.4) is 0 Å². The van der Waals surface area contributed by atoms with Crippen molar-refractivity contribution in [3.63, 3.8) is 0 Å². The molecule has 2 saturated heterocycles. The van der Waals surface area contributed by atoms with Crippen LogP contribution in [0.2, 0.25) is 5.02 Å². The molecule has 1 aliphatic carbocycles. The Morgan fingerprint density at radius 1 is 1.00 bits per heavy atom. The minimum atomic E-state index is -4.66. The lowest BCUT2D eigenvalue weighted by Crippen LogP contribution is -2.47. The van der Waals surface area contributed by atoms with Crippen molar-refractivity contribution in [2.45, 2.75) is 63.3 Å². The first kappa shape index (κ1) is 48.5. The number of benzene rings is 3. The van der Waals surface area contributed by atoms with Crippen molar-refractivity contribution in [2.75, 3.05) is 76.4 Å². The molecule has 0 bridgehead atoms. The number of nitrogens with zero attached hydrogens (tertiary/aromatic N) is 6. The number of amides is 1. The number of nitro groups is 1. The molecule has 69 heavy (non-hydrogen) atoms. The Hall–Kier alpha value is -5.53. The molecule has 0 radical (unpaired) electrons. The maximum Gasteiger partial charge on any atom is 0.277 e. The van der Waals surface area contributed by atoms with Gasteiger partial charge >= 0.3 is 0 Å². The summed E-state index contributed by atoms with van der Waals surface area (Å²) in [7, 11) is -6.86. The number of carbonyl (C=O) groups is 1. The molecular weight excluding hydrogens is 940 g/mol. The average molecular weight is 1000 g/mol. The number of halogens is 1. The van der Waals surface area contributed by atoms with E-state index in [0.717, 1.165) is 87.0 Å². The number of anilines is 1. The van der Waals surface area contributed by atoms with Gasteiger partial charge in [0.05, 0.1) is 39.8 Å². The van der Waals surface area contributed by atoms with E-state index in [1.165, 1.54) is 29.0 Å². The highest BCUT2D eigenvalue weighted by molar-refractivity contribution is 7.92. The molecule has 0 saturated carbocycles. The first-order chi connectivity index (χ1) is 32.8. The summed E-state index contributed by atoms with van der Waals surface area (Å²) in [6.07, 6.45) is 11.6. The van der Waals surface area contributed by atoms with Crippen LogP contribution in [-0.2, 0) is 26.2 Å². The Labute approximate surface area is 408 Å². The van der Waals surface area contributed by atoms with Crippen LogP contribution >= 0.6 is 11.6 Å². The van der Waals surface area contributed by atoms with E-state index in [-0.39, 0.29) is 41.0 Å². The standard InChI is InChI=1S/C50H59ClN8O8S2/c1-50(2)15-11-36(44(28-50)34-5-7-37(51)8-6-34)31-57-19-21-58(22-20-57)39-9-10-42(47(25-39)67-40-24-35-12-16-52-48(35)53-29-40)49(60)55-69(64,65)41-26-45(59(61)62)43-23-33(32-66-46(43)27-41)30-56-17-13-38(14-18-56)54-68(3,4)63/h5-10,12,16,24-27,29,33,38H,11,13-15,17-23,28,30-32H2,1-4H3,(H,52,53)(H,55,60)/t33-/m0/s1. The van der Waals surface area contributed by atoms with Gasteiger partial charge in [-0.05, 0) is 91.5 Å². The number of aromatic nitrogens is 2. The Morgan fingerprint density at radius 2 is 1.75 bits per heavy atom. The van der Waals surface area contributed by atoms with Crippen LogP contribution in [0.5, 0.6) is 17.2 Å². The van der Waals surface area contributed by atoms with Gasteiger partial charge in [-0.25, -0.2) is 22.5 Å². The molecule has 2 N–H and O–H groups in total. The molecule has 2 fully saturated rings. The highest BCUT2D eigenvalue weighted by Gasteiger charge is 2.34. The zero-order valence-corrected chi connectivity index (χ0v) is 41.8. The maximum atomic E-state index is 14.1. The van der Waals surface area contributed by atoms with Gasteiger partial charge in [0, 0.05) is 121 Å². The Kier molecular flexibility index (Phi) is 13.8. The molecule has 5 aromatic rings. The second-order valence-corrected chi connectivity index (χ2v) is 24.6. The maximum absolute atomic E-state index is 14.1. The van der Waals surface area contributed by atoms with Gasteiger partial charge in [-0.1, -0.05) is 43.2 Å². The summed E-state index contributed by atoms with van der Waals surface area (Å²) in [5.74, 6) is -0.509. The van der Waals surface area contributed by atoms with Crippen molar-refractivity contribution < 1.29 is 31.8 Å². The fourth-order valence-electron chi connectivity index (χ4n) is 10.1. The number of piperidine rings is 1. The number of allylic oxidation sites excluding steroid dienone is 1. The molecule has 1 atom stereocenters. The number of sulfonamides is 1. The van der Waals surface area contributed by atoms with E-state index < -0.39 is 41.2 Å². The number of nitrogens with one attached hydrogen (secondary N) is 2. The van der Waals surface area contributed by atoms with Crippen LogP contribution in [-0.4, -0.2) is 121 Å². The van der Waals surface area contributed by atoms with Gasteiger partial charge in [-0.2, -0.15) is 0 Å². The normalized spacial score (nSPS) is 19.5. The van der Waals surface area contributed by atoms with Gasteiger partial charge in [0.15, 0.2) is 0 Å². The van der Waals surface area contributed by atoms with Crippen molar-refractivity contribution in [1.29, 1.82) is 0 Å². The van der Waals surface area contributed by atoms with Crippen molar-refractivity contribution in [1.82, 2.24) is 24.5 Å². The molecule has 0 unspecified atom stereocenters. The van der Waals surface area contributed by atoms with Crippen LogP contribution in [0.15, 0.2) is 94.0 Å². The van der Waals surface area contributed by atoms with Gasteiger partial charge < -0.3 is 24.3 Å². The number of carbonyl (C=O) groups excluding carboxylic acids is 1. The quantitative estimate of drug-likeness (QED) is 0.0845. The number of fused-ring (bicyclic) bond motifs is 2. The molecule has 5 heterocycles. The highest BCUT2D eigenvalue weighted by atomic mass is 35.5. The van der Waals surface area contributed by atoms with Gasteiger partial charge in [-0.15, -0.1) is 0 Å². The summed E-state index contributed by atoms with van der Waals surface area (Å²) in [4.78, 5) is 40.0. The lowest BCUT2D eigenvalue weighted by atomic mass is 9.72. The Bertz CT molecular complexity index is 3030. The summed E-state index contributed by atoms with van der Waals surface area (Å²) in [5, 5.41) is 14.0. The van der Waals surface area contributed by atoms with Crippen LogP contribution in [0, 0.1) is 21.4 Å². The molecule has 9 rings (SSSR count). The zero-order chi connectivity index (χ0) is 48.7. The first-order valence-corrected chi connectivity index (χ1v) is 27.6. The third-order valence-electron chi connectivity index (χ3n) is 13.7. The van der Waals surface area contributed by atoms with E-state index >= 15 is 0 Å². The summed E-state index contributed by atoms with van der Waals surface area (Å²) in [5.41, 5.74) is 5.61. The van der Waals surface area contributed by atoms with Gasteiger partial charge in [0.1, 0.15) is 22.9 Å². The Morgan fingerprint density at radius 3 is 2.48 bits per heavy atom. The molecule has 3 aromatic carbocycles.